The van der Waals surface area contributed by atoms with Gasteiger partial charge >= 0.3 is 0 Å². The van der Waals surface area contributed by atoms with Gasteiger partial charge in [0.15, 0.2) is 0 Å². The number of rotatable bonds is 3. The molecule has 0 heterocycles. The first-order valence-electron chi connectivity index (χ1n) is 10.1. The molecule has 0 aliphatic heterocycles. The smallest absolute Gasteiger partial charge is 0.0464 e. The molecule has 0 aliphatic rings. The van der Waals surface area contributed by atoms with E-state index in [0.29, 0.717) is 0 Å². The summed E-state index contributed by atoms with van der Waals surface area (Å²) >= 11 is 0. The van der Waals surface area contributed by atoms with Crippen LogP contribution < -0.4 is 5.32 Å². The minimum Gasteiger partial charge on any atom is -0.355 e. The molecule has 3 rings (SSSR count). The molecule has 1 N–H and O–H groups in total. The first-order chi connectivity index (χ1) is 13.1. The average molecular weight is 372 g/mol. The Morgan fingerprint density at radius 1 is 0.607 bits per heavy atom. The number of anilines is 2. The highest BCUT2D eigenvalue weighted by molar-refractivity contribution is 5.83. The highest BCUT2D eigenvalue weighted by Crippen LogP contribution is 2.36. The van der Waals surface area contributed by atoms with Gasteiger partial charge in [-0.05, 0) is 64.3 Å². The van der Waals surface area contributed by atoms with Crippen molar-refractivity contribution in [3.05, 3.63) is 83.4 Å². The van der Waals surface area contributed by atoms with E-state index in [1.165, 1.54) is 27.8 Å². The molecular formula is C27H33N. The third kappa shape index (κ3) is 4.47. The number of hydrogen-bond acceptors (Lipinski definition) is 1. The molecule has 0 unspecified atom stereocenters. The van der Waals surface area contributed by atoms with Gasteiger partial charge in [0, 0.05) is 16.9 Å². The van der Waals surface area contributed by atoms with Crippen LogP contribution in [0.15, 0.2) is 66.7 Å². The van der Waals surface area contributed by atoms with E-state index in [4.69, 9.17) is 0 Å². The summed E-state index contributed by atoms with van der Waals surface area (Å²) in [4.78, 5) is 0. The van der Waals surface area contributed by atoms with Crippen molar-refractivity contribution >= 4 is 11.4 Å². The largest absolute Gasteiger partial charge is 0.355 e. The number of hydrogen-bond donors (Lipinski definition) is 1. The van der Waals surface area contributed by atoms with E-state index in [1.807, 2.05) is 0 Å². The van der Waals surface area contributed by atoms with Crippen molar-refractivity contribution in [3.63, 3.8) is 0 Å². The quantitative estimate of drug-likeness (QED) is 0.492. The van der Waals surface area contributed by atoms with Gasteiger partial charge in [0.1, 0.15) is 0 Å². The highest BCUT2D eigenvalue weighted by Gasteiger charge is 2.17. The zero-order chi connectivity index (χ0) is 20.5. The normalized spacial score (nSPS) is 12.1. The van der Waals surface area contributed by atoms with E-state index < -0.39 is 0 Å². The van der Waals surface area contributed by atoms with Crippen molar-refractivity contribution in [3.8, 4) is 11.1 Å². The van der Waals surface area contributed by atoms with Gasteiger partial charge in [0.05, 0.1) is 0 Å². The second-order valence-electron chi connectivity index (χ2n) is 9.78. The highest BCUT2D eigenvalue weighted by atomic mass is 14.9. The Bertz CT molecular complexity index is 951. The molecule has 0 radical (unpaired) electrons. The number of benzene rings is 3. The lowest BCUT2D eigenvalue weighted by Crippen LogP contribution is -2.11. The topological polar surface area (TPSA) is 12.0 Å². The lowest BCUT2D eigenvalue weighted by Gasteiger charge is -2.23. The summed E-state index contributed by atoms with van der Waals surface area (Å²) in [7, 11) is 0. The van der Waals surface area contributed by atoms with Crippen LogP contribution in [0.5, 0.6) is 0 Å². The van der Waals surface area contributed by atoms with Crippen LogP contribution in [0.4, 0.5) is 11.4 Å². The second kappa shape index (κ2) is 7.47. The van der Waals surface area contributed by atoms with Gasteiger partial charge in [0.25, 0.3) is 0 Å². The van der Waals surface area contributed by atoms with Crippen molar-refractivity contribution in [2.75, 3.05) is 5.32 Å². The van der Waals surface area contributed by atoms with Crippen LogP contribution in [0, 0.1) is 6.92 Å². The summed E-state index contributed by atoms with van der Waals surface area (Å²) in [5.41, 5.74) is 9.06. The van der Waals surface area contributed by atoms with Gasteiger partial charge in [-0.2, -0.15) is 0 Å². The molecular weight excluding hydrogens is 338 g/mol. The standard InChI is InChI=1S/C27H33N/c1-19-10-8-9-11-23(19)24-18-21(27(5,6)7)14-17-25(24)28-22-15-12-20(13-16-22)26(2,3)4/h8-18,28H,1-7H3. The molecule has 1 nitrogen and oxygen atoms in total. The molecule has 0 saturated carbocycles. The number of aryl methyl sites for hydroxylation is 1. The third-order valence-corrected chi connectivity index (χ3v) is 5.35. The number of nitrogens with one attached hydrogen (secondary N) is 1. The van der Waals surface area contributed by atoms with E-state index in [2.05, 4.69) is 121 Å². The van der Waals surface area contributed by atoms with E-state index in [-0.39, 0.29) is 10.8 Å². The van der Waals surface area contributed by atoms with Crippen molar-refractivity contribution in [2.45, 2.75) is 59.3 Å². The van der Waals surface area contributed by atoms with Crippen molar-refractivity contribution in [1.29, 1.82) is 0 Å². The fourth-order valence-electron chi connectivity index (χ4n) is 3.43. The van der Waals surface area contributed by atoms with Crippen LogP contribution in [0.2, 0.25) is 0 Å². The van der Waals surface area contributed by atoms with E-state index in [0.717, 1.165) is 11.4 Å². The molecule has 28 heavy (non-hydrogen) atoms. The Labute approximate surface area is 170 Å². The molecule has 1 heteroatoms. The van der Waals surface area contributed by atoms with Crippen LogP contribution in [0.1, 0.15) is 58.2 Å². The van der Waals surface area contributed by atoms with E-state index in [9.17, 15) is 0 Å². The Morgan fingerprint density at radius 2 is 1.18 bits per heavy atom. The maximum absolute atomic E-state index is 3.66. The minimum atomic E-state index is 0.115. The molecule has 0 atom stereocenters. The molecule has 0 amide bonds. The summed E-state index contributed by atoms with van der Waals surface area (Å²) < 4.78 is 0. The summed E-state index contributed by atoms with van der Waals surface area (Å²) in [5.74, 6) is 0. The average Bonchev–Trinajstić information content (AvgIpc) is 2.61. The van der Waals surface area contributed by atoms with Crippen molar-refractivity contribution in [2.24, 2.45) is 0 Å². The molecule has 0 bridgehead atoms. The van der Waals surface area contributed by atoms with Crippen LogP contribution in [-0.2, 0) is 10.8 Å². The van der Waals surface area contributed by atoms with Crippen LogP contribution in [0.3, 0.4) is 0 Å². The van der Waals surface area contributed by atoms with Gasteiger partial charge in [-0.15, -0.1) is 0 Å². The molecule has 0 saturated heterocycles. The predicted molar refractivity (Wildman–Crippen MR) is 124 cm³/mol. The minimum absolute atomic E-state index is 0.115. The van der Waals surface area contributed by atoms with Gasteiger partial charge < -0.3 is 5.32 Å². The third-order valence-electron chi connectivity index (χ3n) is 5.35. The first kappa shape index (κ1) is 20.2. The van der Waals surface area contributed by atoms with Gasteiger partial charge in [-0.3, -0.25) is 0 Å². The molecule has 146 valence electrons. The molecule has 0 aliphatic carbocycles. The fraction of sp³-hybridized carbons (Fsp3) is 0.333. The molecule has 0 spiro atoms. The van der Waals surface area contributed by atoms with Crippen LogP contribution in [-0.4, -0.2) is 0 Å². The Balaban J connectivity index is 2.04. The molecule has 3 aromatic rings. The van der Waals surface area contributed by atoms with Crippen molar-refractivity contribution < 1.29 is 0 Å². The van der Waals surface area contributed by atoms with Crippen molar-refractivity contribution in [1.82, 2.24) is 0 Å². The molecule has 3 aromatic carbocycles. The molecule has 0 aromatic heterocycles. The van der Waals surface area contributed by atoms with Crippen LogP contribution in [0.25, 0.3) is 11.1 Å². The lowest BCUT2D eigenvalue weighted by atomic mass is 9.84. The predicted octanol–water partition coefficient (Wildman–Crippen LogP) is 8.00. The Kier molecular flexibility index (Phi) is 5.39. The first-order valence-corrected chi connectivity index (χ1v) is 10.1. The van der Waals surface area contributed by atoms with Gasteiger partial charge in [0.2, 0.25) is 0 Å². The fourth-order valence-corrected chi connectivity index (χ4v) is 3.43. The zero-order valence-electron chi connectivity index (χ0n) is 18.4. The second-order valence-corrected chi connectivity index (χ2v) is 9.78. The monoisotopic (exact) mass is 371 g/mol. The zero-order valence-corrected chi connectivity index (χ0v) is 18.4. The maximum atomic E-state index is 3.66. The van der Waals surface area contributed by atoms with Crippen LogP contribution >= 0.6 is 0 Å². The van der Waals surface area contributed by atoms with Gasteiger partial charge in [-0.1, -0.05) is 84.0 Å². The SMILES string of the molecule is Cc1ccccc1-c1cc(C(C)(C)C)ccc1Nc1ccc(C(C)(C)C)cc1. The van der Waals surface area contributed by atoms with E-state index >= 15 is 0 Å². The Hall–Kier alpha value is -2.54. The van der Waals surface area contributed by atoms with E-state index in [1.54, 1.807) is 0 Å². The lowest BCUT2D eigenvalue weighted by molar-refractivity contribution is 0.590. The van der Waals surface area contributed by atoms with Gasteiger partial charge in [-0.25, -0.2) is 0 Å². The molecule has 0 fully saturated rings. The summed E-state index contributed by atoms with van der Waals surface area (Å²) in [6.07, 6.45) is 0. The maximum Gasteiger partial charge on any atom is 0.0464 e. The summed E-state index contributed by atoms with van der Waals surface area (Å²) in [6.45, 7) is 15.7. The summed E-state index contributed by atoms with van der Waals surface area (Å²) in [6, 6.07) is 24.2. The Morgan fingerprint density at radius 3 is 1.75 bits per heavy atom. The summed E-state index contributed by atoms with van der Waals surface area (Å²) in [5, 5.41) is 3.66.